The summed E-state index contributed by atoms with van der Waals surface area (Å²) in [6.45, 7) is 2.04. The molecule has 0 aliphatic heterocycles. The molecule has 0 spiro atoms. The summed E-state index contributed by atoms with van der Waals surface area (Å²) in [5, 5.41) is 14.5. The molecular formula is C15H13N5S. The predicted molar refractivity (Wildman–Crippen MR) is 84.1 cm³/mol. The summed E-state index contributed by atoms with van der Waals surface area (Å²) >= 11 is 1.43. The Morgan fingerprint density at radius 3 is 2.62 bits per heavy atom. The van der Waals surface area contributed by atoms with Crippen molar-refractivity contribution in [3.63, 3.8) is 0 Å². The van der Waals surface area contributed by atoms with Crippen LogP contribution in [0.2, 0.25) is 0 Å². The number of nitrogen functional groups attached to an aromatic ring is 1. The molecule has 21 heavy (non-hydrogen) atoms. The van der Waals surface area contributed by atoms with E-state index in [0.717, 1.165) is 11.3 Å². The highest BCUT2D eigenvalue weighted by atomic mass is 32.2. The number of nitrogens with zero attached hydrogens (tertiary/aromatic N) is 4. The number of thioether (sulfide) groups is 1. The van der Waals surface area contributed by atoms with E-state index in [-0.39, 0.29) is 5.82 Å². The van der Waals surface area contributed by atoms with Gasteiger partial charge in [0.1, 0.15) is 22.5 Å². The standard InChI is InChI=1S/C15H13N5S/c1-9-3-5-10(6-4-9)12-7-13-18-14(17)11(8-16)15(21-2)20(13)19-12/h3-7H,1-2H3,(H2,17,18). The number of nitrogens with two attached hydrogens (primary N) is 1. The topological polar surface area (TPSA) is 80.0 Å². The minimum atomic E-state index is 0.240. The van der Waals surface area contributed by atoms with Crippen LogP contribution in [0.3, 0.4) is 0 Å². The minimum Gasteiger partial charge on any atom is -0.382 e. The number of benzene rings is 1. The number of anilines is 1. The Hall–Kier alpha value is -2.52. The van der Waals surface area contributed by atoms with E-state index < -0.39 is 0 Å². The van der Waals surface area contributed by atoms with Crippen molar-refractivity contribution in [2.45, 2.75) is 11.9 Å². The maximum Gasteiger partial charge on any atom is 0.159 e. The maximum absolute atomic E-state index is 9.22. The van der Waals surface area contributed by atoms with Gasteiger partial charge in [0.2, 0.25) is 0 Å². The molecule has 3 aromatic rings. The molecule has 104 valence electrons. The zero-order valence-corrected chi connectivity index (χ0v) is 12.5. The van der Waals surface area contributed by atoms with Gasteiger partial charge < -0.3 is 5.73 Å². The third-order valence-corrected chi connectivity index (χ3v) is 4.00. The molecule has 0 bridgehead atoms. The second-order valence-electron chi connectivity index (χ2n) is 4.66. The third kappa shape index (κ3) is 2.22. The molecule has 0 fully saturated rings. The molecule has 2 aromatic heterocycles. The highest BCUT2D eigenvalue weighted by molar-refractivity contribution is 7.98. The van der Waals surface area contributed by atoms with Gasteiger partial charge >= 0.3 is 0 Å². The van der Waals surface area contributed by atoms with E-state index in [1.807, 2.05) is 43.5 Å². The van der Waals surface area contributed by atoms with Crippen molar-refractivity contribution in [1.29, 1.82) is 5.26 Å². The van der Waals surface area contributed by atoms with Gasteiger partial charge in [0.25, 0.3) is 0 Å². The van der Waals surface area contributed by atoms with Crippen LogP contribution in [0.4, 0.5) is 5.82 Å². The Kier molecular flexibility index (Phi) is 3.28. The van der Waals surface area contributed by atoms with Gasteiger partial charge in [-0.1, -0.05) is 29.8 Å². The molecule has 1 aromatic carbocycles. The molecule has 0 amide bonds. The first-order chi connectivity index (χ1) is 10.1. The summed E-state index contributed by atoms with van der Waals surface area (Å²) in [5.74, 6) is 0.240. The average molecular weight is 295 g/mol. The van der Waals surface area contributed by atoms with Crippen LogP contribution >= 0.6 is 11.8 Å². The van der Waals surface area contributed by atoms with Crippen molar-refractivity contribution in [1.82, 2.24) is 14.6 Å². The first-order valence-electron chi connectivity index (χ1n) is 6.34. The van der Waals surface area contributed by atoms with E-state index in [2.05, 4.69) is 16.2 Å². The highest BCUT2D eigenvalue weighted by Gasteiger charge is 2.15. The Balaban J connectivity index is 2.25. The van der Waals surface area contributed by atoms with Gasteiger partial charge in [0.05, 0.1) is 5.69 Å². The van der Waals surface area contributed by atoms with Crippen LogP contribution < -0.4 is 5.73 Å². The SMILES string of the molecule is CSc1c(C#N)c(N)nc2cc(-c3ccc(C)cc3)nn12. The maximum atomic E-state index is 9.22. The lowest BCUT2D eigenvalue weighted by Crippen LogP contribution is -2.04. The first kappa shape index (κ1) is 13.5. The first-order valence-corrected chi connectivity index (χ1v) is 7.57. The summed E-state index contributed by atoms with van der Waals surface area (Å²) in [7, 11) is 0. The summed E-state index contributed by atoms with van der Waals surface area (Å²) in [6, 6.07) is 12.1. The van der Waals surface area contributed by atoms with Crippen LogP contribution in [0, 0.1) is 18.3 Å². The molecule has 0 atom stereocenters. The lowest BCUT2D eigenvalue weighted by molar-refractivity contribution is 0.843. The second-order valence-corrected chi connectivity index (χ2v) is 5.45. The number of nitriles is 1. The zero-order valence-electron chi connectivity index (χ0n) is 11.7. The summed E-state index contributed by atoms with van der Waals surface area (Å²) in [5.41, 5.74) is 9.88. The molecule has 0 saturated heterocycles. The number of rotatable bonds is 2. The van der Waals surface area contributed by atoms with Gasteiger partial charge in [-0.25, -0.2) is 9.50 Å². The Labute approximate surface area is 126 Å². The van der Waals surface area contributed by atoms with Gasteiger partial charge in [-0.3, -0.25) is 0 Å². The molecular weight excluding hydrogens is 282 g/mol. The second kappa shape index (κ2) is 5.11. The number of fused-ring (bicyclic) bond motifs is 1. The van der Waals surface area contributed by atoms with E-state index in [9.17, 15) is 5.26 Å². The van der Waals surface area contributed by atoms with Crippen molar-refractivity contribution in [2.75, 3.05) is 12.0 Å². The summed E-state index contributed by atoms with van der Waals surface area (Å²) < 4.78 is 1.68. The van der Waals surface area contributed by atoms with Crippen LogP contribution in [0.15, 0.2) is 35.4 Å². The molecule has 5 nitrogen and oxygen atoms in total. The fourth-order valence-corrected chi connectivity index (χ4v) is 2.82. The van der Waals surface area contributed by atoms with Crippen molar-refractivity contribution in [2.24, 2.45) is 0 Å². The van der Waals surface area contributed by atoms with Gasteiger partial charge in [-0.05, 0) is 13.2 Å². The van der Waals surface area contributed by atoms with Crippen LogP contribution in [0.5, 0.6) is 0 Å². The fraction of sp³-hybridized carbons (Fsp3) is 0.133. The lowest BCUT2D eigenvalue weighted by atomic mass is 10.1. The van der Waals surface area contributed by atoms with Crippen LogP contribution in [-0.2, 0) is 0 Å². The van der Waals surface area contributed by atoms with E-state index >= 15 is 0 Å². The van der Waals surface area contributed by atoms with Crippen LogP contribution in [0.25, 0.3) is 16.9 Å². The molecule has 0 aliphatic rings. The molecule has 2 heterocycles. The third-order valence-electron chi connectivity index (χ3n) is 3.24. The van der Waals surface area contributed by atoms with E-state index in [1.165, 1.54) is 17.3 Å². The molecule has 0 saturated carbocycles. The smallest absolute Gasteiger partial charge is 0.159 e. The van der Waals surface area contributed by atoms with Crippen molar-refractivity contribution < 1.29 is 0 Å². The van der Waals surface area contributed by atoms with Crippen molar-refractivity contribution in [3.8, 4) is 17.3 Å². The van der Waals surface area contributed by atoms with Crippen LogP contribution in [-0.4, -0.2) is 20.9 Å². The lowest BCUT2D eigenvalue weighted by Gasteiger charge is -2.05. The van der Waals surface area contributed by atoms with E-state index in [0.29, 0.717) is 16.2 Å². The van der Waals surface area contributed by atoms with E-state index in [1.54, 1.807) is 4.52 Å². The van der Waals surface area contributed by atoms with Crippen LogP contribution in [0.1, 0.15) is 11.1 Å². The number of aryl methyl sites for hydroxylation is 1. The molecule has 6 heteroatoms. The number of aromatic nitrogens is 3. The predicted octanol–water partition coefficient (Wildman–Crippen LogP) is 2.88. The Bertz CT molecular complexity index is 858. The van der Waals surface area contributed by atoms with Gasteiger partial charge in [0, 0.05) is 11.6 Å². The average Bonchev–Trinajstić information content (AvgIpc) is 2.89. The molecule has 0 aliphatic carbocycles. The Morgan fingerprint density at radius 1 is 1.29 bits per heavy atom. The molecule has 0 unspecified atom stereocenters. The summed E-state index contributed by atoms with van der Waals surface area (Å²) in [4.78, 5) is 4.26. The van der Waals surface area contributed by atoms with Gasteiger partial charge in [-0.15, -0.1) is 11.8 Å². The summed E-state index contributed by atoms with van der Waals surface area (Å²) in [6.07, 6.45) is 1.89. The quantitative estimate of drug-likeness (QED) is 0.581. The minimum absolute atomic E-state index is 0.240. The van der Waals surface area contributed by atoms with E-state index in [4.69, 9.17) is 5.73 Å². The number of hydrogen-bond acceptors (Lipinski definition) is 5. The van der Waals surface area contributed by atoms with Gasteiger partial charge in [-0.2, -0.15) is 10.4 Å². The molecule has 3 rings (SSSR count). The Morgan fingerprint density at radius 2 is 2.00 bits per heavy atom. The number of hydrogen-bond donors (Lipinski definition) is 1. The molecule has 0 radical (unpaired) electrons. The molecule has 2 N–H and O–H groups in total. The largest absolute Gasteiger partial charge is 0.382 e. The fourth-order valence-electron chi connectivity index (χ4n) is 2.15. The normalized spacial score (nSPS) is 10.7. The van der Waals surface area contributed by atoms with Crippen molar-refractivity contribution >= 4 is 23.2 Å². The monoisotopic (exact) mass is 295 g/mol. The highest BCUT2D eigenvalue weighted by Crippen LogP contribution is 2.27. The zero-order chi connectivity index (χ0) is 15.0. The van der Waals surface area contributed by atoms with Crippen molar-refractivity contribution in [3.05, 3.63) is 41.5 Å². The van der Waals surface area contributed by atoms with Gasteiger partial charge in [0.15, 0.2) is 5.65 Å².